The maximum absolute atomic E-state index is 12.7. The van der Waals surface area contributed by atoms with E-state index in [9.17, 15) is 8.42 Å². The van der Waals surface area contributed by atoms with E-state index >= 15 is 0 Å². The Morgan fingerprint density at radius 2 is 2.10 bits per heavy atom. The van der Waals surface area contributed by atoms with Gasteiger partial charge in [-0.05, 0) is 37.4 Å². The summed E-state index contributed by atoms with van der Waals surface area (Å²) in [5, 5.41) is 3.18. The van der Waals surface area contributed by atoms with Crippen molar-refractivity contribution in [2.45, 2.75) is 55.9 Å². The largest absolute Gasteiger partial charge is 0.373 e. The molecule has 2 N–H and O–H groups in total. The van der Waals surface area contributed by atoms with Gasteiger partial charge in [0.25, 0.3) is 0 Å². The first-order valence-corrected chi connectivity index (χ1v) is 9.05. The second-order valence-electron chi connectivity index (χ2n) is 5.73. The van der Waals surface area contributed by atoms with Gasteiger partial charge in [-0.2, -0.15) is 0 Å². The number of benzene rings is 1. The van der Waals surface area contributed by atoms with Gasteiger partial charge < -0.3 is 10.1 Å². The van der Waals surface area contributed by atoms with E-state index < -0.39 is 10.0 Å². The van der Waals surface area contributed by atoms with Gasteiger partial charge in [0.1, 0.15) is 0 Å². The molecule has 6 heteroatoms. The van der Waals surface area contributed by atoms with E-state index in [1.807, 2.05) is 19.1 Å². The molecule has 1 aromatic carbocycles. The molecule has 2 bridgehead atoms. The van der Waals surface area contributed by atoms with Crippen LogP contribution in [0.4, 0.5) is 0 Å². The lowest BCUT2D eigenvalue weighted by Gasteiger charge is -2.21. The Balaban J connectivity index is 1.78. The van der Waals surface area contributed by atoms with E-state index in [1.165, 1.54) is 0 Å². The summed E-state index contributed by atoms with van der Waals surface area (Å²) < 4.78 is 33.9. The minimum Gasteiger partial charge on any atom is -0.373 e. The van der Waals surface area contributed by atoms with Crippen LogP contribution in [0.2, 0.25) is 0 Å². The van der Waals surface area contributed by atoms with Crippen LogP contribution in [0.15, 0.2) is 29.2 Å². The monoisotopic (exact) mass is 310 g/mol. The van der Waals surface area contributed by atoms with Crippen LogP contribution in [0.1, 0.15) is 31.7 Å². The van der Waals surface area contributed by atoms with E-state index in [-0.39, 0.29) is 18.2 Å². The zero-order chi connectivity index (χ0) is 14.9. The summed E-state index contributed by atoms with van der Waals surface area (Å²) in [5.41, 5.74) is 0.802. The smallest absolute Gasteiger partial charge is 0.241 e. The molecule has 3 atom stereocenters. The van der Waals surface area contributed by atoms with Crippen molar-refractivity contribution < 1.29 is 13.2 Å². The molecule has 0 amide bonds. The maximum Gasteiger partial charge on any atom is 0.241 e. The fourth-order valence-corrected chi connectivity index (χ4v) is 4.71. The molecule has 0 aromatic heterocycles. The second kappa shape index (κ2) is 6.04. The van der Waals surface area contributed by atoms with Crippen molar-refractivity contribution in [3.8, 4) is 0 Å². The standard InChI is InChI=1S/C15H22N2O3S/c1-2-16-10-11-5-3-4-6-15(11)21(18,19)17-13-9-12-7-8-14(13)20-12/h3-6,12-14,16-17H,2,7-10H2,1H3. The van der Waals surface area contributed by atoms with Crippen molar-refractivity contribution >= 4 is 10.0 Å². The van der Waals surface area contributed by atoms with E-state index in [0.717, 1.165) is 31.4 Å². The van der Waals surface area contributed by atoms with Crippen molar-refractivity contribution in [1.82, 2.24) is 10.0 Å². The minimum absolute atomic E-state index is 0.0469. The molecular weight excluding hydrogens is 288 g/mol. The molecule has 0 spiro atoms. The van der Waals surface area contributed by atoms with Gasteiger partial charge >= 0.3 is 0 Å². The fraction of sp³-hybridized carbons (Fsp3) is 0.600. The van der Waals surface area contributed by atoms with Crippen molar-refractivity contribution in [3.05, 3.63) is 29.8 Å². The number of fused-ring (bicyclic) bond motifs is 2. The lowest BCUT2D eigenvalue weighted by Crippen LogP contribution is -2.41. The molecule has 5 nitrogen and oxygen atoms in total. The van der Waals surface area contributed by atoms with Crippen LogP contribution in [0.25, 0.3) is 0 Å². The first-order valence-electron chi connectivity index (χ1n) is 7.56. The highest BCUT2D eigenvalue weighted by Gasteiger charge is 2.42. The Kier molecular flexibility index (Phi) is 4.31. The summed E-state index contributed by atoms with van der Waals surface area (Å²) in [6.07, 6.45) is 3.08. The maximum atomic E-state index is 12.7. The van der Waals surface area contributed by atoms with Gasteiger partial charge in [-0.15, -0.1) is 0 Å². The number of rotatable bonds is 6. The molecular formula is C15H22N2O3S. The average Bonchev–Trinajstić information content (AvgIpc) is 3.07. The molecule has 2 saturated heterocycles. The number of sulfonamides is 1. The third kappa shape index (κ3) is 3.13. The molecule has 2 aliphatic rings. The molecule has 2 aliphatic heterocycles. The van der Waals surface area contributed by atoms with Crippen molar-refractivity contribution in [3.63, 3.8) is 0 Å². The molecule has 0 aliphatic carbocycles. The van der Waals surface area contributed by atoms with Crippen LogP contribution < -0.4 is 10.0 Å². The van der Waals surface area contributed by atoms with Gasteiger partial charge in [-0.1, -0.05) is 25.1 Å². The van der Waals surface area contributed by atoms with Gasteiger partial charge in [0, 0.05) is 6.54 Å². The van der Waals surface area contributed by atoms with Crippen LogP contribution in [0, 0.1) is 0 Å². The van der Waals surface area contributed by atoms with Crippen molar-refractivity contribution in [2.24, 2.45) is 0 Å². The Labute approximate surface area is 126 Å². The van der Waals surface area contributed by atoms with Gasteiger partial charge in [-0.25, -0.2) is 13.1 Å². The predicted octanol–water partition coefficient (Wildman–Crippen LogP) is 1.39. The highest BCUT2D eigenvalue weighted by Crippen LogP contribution is 2.35. The van der Waals surface area contributed by atoms with E-state index in [2.05, 4.69) is 10.0 Å². The normalized spacial score (nSPS) is 28.1. The third-order valence-electron chi connectivity index (χ3n) is 4.24. The number of ether oxygens (including phenoxy) is 1. The van der Waals surface area contributed by atoms with Gasteiger partial charge in [-0.3, -0.25) is 0 Å². The van der Waals surface area contributed by atoms with Crippen LogP contribution in [0.3, 0.4) is 0 Å². The average molecular weight is 310 g/mol. The molecule has 1 aromatic rings. The summed E-state index contributed by atoms with van der Waals surface area (Å²) >= 11 is 0. The first kappa shape index (κ1) is 15.0. The van der Waals surface area contributed by atoms with Crippen LogP contribution in [-0.2, 0) is 21.3 Å². The molecule has 3 rings (SSSR count). The Morgan fingerprint density at radius 3 is 2.76 bits per heavy atom. The summed E-state index contributed by atoms with van der Waals surface area (Å²) in [7, 11) is -3.50. The zero-order valence-corrected chi connectivity index (χ0v) is 13.0. The van der Waals surface area contributed by atoms with E-state index in [4.69, 9.17) is 4.74 Å². The highest BCUT2D eigenvalue weighted by molar-refractivity contribution is 7.89. The third-order valence-corrected chi connectivity index (χ3v) is 5.83. The summed E-state index contributed by atoms with van der Waals surface area (Å²) in [6.45, 7) is 3.37. The van der Waals surface area contributed by atoms with Crippen LogP contribution in [0.5, 0.6) is 0 Å². The lowest BCUT2D eigenvalue weighted by molar-refractivity contribution is 0.0996. The van der Waals surface area contributed by atoms with E-state index in [0.29, 0.717) is 11.4 Å². The molecule has 21 heavy (non-hydrogen) atoms. The summed E-state index contributed by atoms with van der Waals surface area (Å²) in [4.78, 5) is 0.369. The van der Waals surface area contributed by atoms with Crippen LogP contribution in [-0.4, -0.2) is 33.2 Å². The molecule has 0 radical (unpaired) electrons. The second-order valence-corrected chi connectivity index (χ2v) is 7.41. The van der Waals surface area contributed by atoms with Crippen molar-refractivity contribution in [1.29, 1.82) is 0 Å². The number of hydrogen-bond acceptors (Lipinski definition) is 4. The van der Waals surface area contributed by atoms with Gasteiger partial charge in [0.2, 0.25) is 10.0 Å². The molecule has 2 heterocycles. The number of nitrogens with one attached hydrogen (secondary N) is 2. The molecule has 2 fully saturated rings. The molecule has 116 valence electrons. The SMILES string of the molecule is CCNCc1ccccc1S(=O)(=O)NC1CC2CCC1O2. The molecule has 3 unspecified atom stereocenters. The van der Waals surface area contributed by atoms with Crippen LogP contribution >= 0.6 is 0 Å². The summed E-state index contributed by atoms with van der Waals surface area (Å²) in [5.74, 6) is 0. The van der Waals surface area contributed by atoms with Gasteiger partial charge in [0.15, 0.2) is 0 Å². The lowest BCUT2D eigenvalue weighted by atomic mass is 9.96. The Hall–Kier alpha value is -0.950. The highest BCUT2D eigenvalue weighted by atomic mass is 32.2. The Bertz CT molecular complexity index is 603. The first-order chi connectivity index (χ1) is 10.1. The number of hydrogen-bond donors (Lipinski definition) is 2. The minimum atomic E-state index is -3.50. The zero-order valence-electron chi connectivity index (χ0n) is 12.2. The quantitative estimate of drug-likeness (QED) is 0.833. The predicted molar refractivity (Wildman–Crippen MR) is 80.4 cm³/mol. The topological polar surface area (TPSA) is 67.4 Å². The molecule has 0 saturated carbocycles. The summed E-state index contributed by atoms with van der Waals surface area (Å²) in [6, 6.07) is 7.08. The van der Waals surface area contributed by atoms with Crippen molar-refractivity contribution in [2.75, 3.05) is 6.54 Å². The van der Waals surface area contributed by atoms with E-state index in [1.54, 1.807) is 12.1 Å². The fourth-order valence-electron chi connectivity index (χ4n) is 3.20. The van der Waals surface area contributed by atoms with Gasteiger partial charge in [0.05, 0.1) is 23.1 Å². The Morgan fingerprint density at radius 1 is 1.29 bits per heavy atom.